The van der Waals surface area contributed by atoms with Crippen LogP contribution in [0.3, 0.4) is 0 Å². The molecule has 92 valence electrons. The lowest BCUT2D eigenvalue weighted by molar-refractivity contribution is 0.0761. The van der Waals surface area contributed by atoms with E-state index in [2.05, 4.69) is 9.97 Å². The van der Waals surface area contributed by atoms with Crippen LogP contribution < -0.4 is 4.90 Å². The predicted molar refractivity (Wildman–Crippen MR) is 62.3 cm³/mol. The van der Waals surface area contributed by atoms with Crippen molar-refractivity contribution in [1.29, 1.82) is 5.26 Å². The molecule has 1 heterocycles. The van der Waals surface area contributed by atoms with Gasteiger partial charge in [0.25, 0.3) is 0 Å². The van der Waals surface area contributed by atoms with Gasteiger partial charge in [-0.15, -0.1) is 0 Å². The molecule has 0 amide bonds. The molecule has 0 aliphatic heterocycles. The molecule has 0 fully saturated rings. The Balaban J connectivity index is 2.90. The Morgan fingerprint density at radius 1 is 1.35 bits per heavy atom. The van der Waals surface area contributed by atoms with Crippen molar-refractivity contribution in [3.05, 3.63) is 18.1 Å². The largest absolute Gasteiger partial charge is 0.396 e. The minimum Gasteiger partial charge on any atom is -0.396 e. The van der Waals surface area contributed by atoms with Crippen molar-refractivity contribution in [3.8, 4) is 6.07 Å². The Kier molecular flexibility index (Phi) is 4.37. The summed E-state index contributed by atoms with van der Waals surface area (Å²) in [5, 5.41) is 27.3. The minimum absolute atomic E-state index is 0.143. The molecule has 0 aliphatic rings. The van der Waals surface area contributed by atoms with Crippen LogP contribution in [0.4, 0.5) is 5.82 Å². The fourth-order valence-electron chi connectivity index (χ4n) is 1.49. The highest BCUT2D eigenvalue weighted by atomic mass is 16.3. The van der Waals surface area contributed by atoms with E-state index >= 15 is 0 Å². The van der Waals surface area contributed by atoms with Gasteiger partial charge in [0.2, 0.25) is 0 Å². The Hall–Kier alpha value is -1.71. The quantitative estimate of drug-likeness (QED) is 0.734. The number of nitriles is 1. The van der Waals surface area contributed by atoms with Crippen LogP contribution in [0.25, 0.3) is 0 Å². The highest BCUT2D eigenvalue weighted by Gasteiger charge is 2.26. The standard InChI is InChI=1S/C11H16N4O2/c1-11(7-16,8-17)6-15(2)10-9(5-12)13-3-4-14-10/h3-4,16-17H,6-8H2,1-2H3. The zero-order chi connectivity index (χ0) is 12.9. The fraction of sp³-hybridized carbons (Fsp3) is 0.545. The summed E-state index contributed by atoms with van der Waals surface area (Å²) in [5.41, 5.74) is -0.410. The first kappa shape index (κ1) is 13.4. The number of hydrogen-bond acceptors (Lipinski definition) is 6. The normalized spacial score (nSPS) is 11.0. The fourth-order valence-corrected chi connectivity index (χ4v) is 1.49. The average molecular weight is 236 g/mol. The van der Waals surface area contributed by atoms with Crippen molar-refractivity contribution in [2.45, 2.75) is 6.92 Å². The number of rotatable bonds is 5. The summed E-state index contributed by atoms with van der Waals surface area (Å²) in [4.78, 5) is 9.70. The maximum absolute atomic E-state index is 9.22. The van der Waals surface area contributed by atoms with E-state index in [1.54, 1.807) is 18.9 Å². The van der Waals surface area contributed by atoms with Crippen molar-refractivity contribution in [3.63, 3.8) is 0 Å². The molecule has 6 nitrogen and oxygen atoms in total. The highest BCUT2D eigenvalue weighted by Crippen LogP contribution is 2.20. The zero-order valence-electron chi connectivity index (χ0n) is 9.96. The number of aliphatic hydroxyl groups excluding tert-OH is 2. The van der Waals surface area contributed by atoms with Gasteiger partial charge in [0, 0.05) is 31.4 Å². The number of nitrogens with zero attached hydrogens (tertiary/aromatic N) is 4. The van der Waals surface area contributed by atoms with Gasteiger partial charge in [-0.05, 0) is 0 Å². The van der Waals surface area contributed by atoms with E-state index in [-0.39, 0.29) is 18.9 Å². The highest BCUT2D eigenvalue weighted by molar-refractivity contribution is 5.48. The molecule has 17 heavy (non-hydrogen) atoms. The van der Waals surface area contributed by atoms with Crippen molar-refractivity contribution in [2.24, 2.45) is 5.41 Å². The molecule has 0 unspecified atom stereocenters. The number of hydrogen-bond donors (Lipinski definition) is 2. The van der Waals surface area contributed by atoms with Crippen molar-refractivity contribution in [1.82, 2.24) is 9.97 Å². The molecule has 0 radical (unpaired) electrons. The lowest BCUT2D eigenvalue weighted by Crippen LogP contribution is -2.39. The second kappa shape index (κ2) is 5.57. The Labute approximate surface area is 100 Å². The molecule has 0 saturated heterocycles. The first-order chi connectivity index (χ1) is 8.06. The monoisotopic (exact) mass is 236 g/mol. The van der Waals surface area contributed by atoms with Gasteiger partial charge in [-0.25, -0.2) is 9.97 Å². The van der Waals surface area contributed by atoms with E-state index in [1.165, 1.54) is 12.4 Å². The molecule has 0 atom stereocenters. The Morgan fingerprint density at radius 3 is 2.47 bits per heavy atom. The summed E-state index contributed by atoms with van der Waals surface area (Å²) >= 11 is 0. The van der Waals surface area contributed by atoms with Crippen molar-refractivity contribution >= 4 is 5.82 Å². The molecule has 6 heteroatoms. The third-order valence-corrected chi connectivity index (χ3v) is 2.53. The van der Waals surface area contributed by atoms with E-state index in [1.807, 2.05) is 6.07 Å². The SMILES string of the molecule is CN(CC(C)(CO)CO)c1nccnc1C#N. The summed E-state index contributed by atoms with van der Waals surface area (Å²) in [6.07, 6.45) is 2.95. The van der Waals surface area contributed by atoms with Gasteiger partial charge in [0.15, 0.2) is 11.5 Å². The van der Waals surface area contributed by atoms with E-state index in [4.69, 9.17) is 5.26 Å². The van der Waals surface area contributed by atoms with Gasteiger partial charge in [0.05, 0.1) is 13.2 Å². The molecule has 0 saturated carbocycles. The van der Waals surface area contributed by atoms with Crippen LogP contribution in [-0.4, -0.2) is 47.0 Å². The van der Waals surface area contributed by atoms with Gasteiger partial charge < -0.3 is 15.1 Å². The first-order valence-electron chi connectivity index (χ1n) is 5.20. The number of aromatic nitrogens is 2. The molecular weight excluding hydrogens is 220 g/mol. The van der Waals surface area contributed by atoms with Gasteiger partial charge in [-0.2, -0.15) is 5.26 Å². The lowest BCUT2D eigenvalue weighted by atomic mass is 9.92. The van der Waals surface area contributed by atoms with Gasteiger partial charge in [0.1, 0.15) is 6.07 Å². The predicted octanol–water partition coefficient (Wildman–Crippen LogP) is -0.225. The second-order valence-corrected chi connectivity index (χ2v) is 4.32. The summed E-state index contributed by atoms with van der Waals surface area (Å²) in [5.74, 6) is 0.447. The zero-order valence-corrected chi connectivity index (χ0v) is 9.96. The molecule has 0 spiro atoms. The summed E-state index contributed by atoms with van der Waals surface area (Å²) < 4.78 is 0. The molecule has 1 aromatic rings. The van der Waals surface area contributed by atoms with Gasteiger partial charge in [-0.1, -0.05) is 6.92 Å². The van der Waals surface area contributed by atoms with E-state index in [9.17, 15) is 10.2 Å². The van der Waals surface area contributed by atoms with Crippen LogP contribution >= 0.6 is 0 Å². The average Bonchev–Trinajstić information content (AvgIpc) is 2.38. The maximum atomic E-state index is 9.22. The van der Waals surface area contributed by atoms with Crippen LogP contribution in [0.2, 0.25) is 0 Å². The summed E-state index contributed by atoms with van der Waals surface area (Å²) in [6, 6.07) is 1.96. The number of anilines is 1. The van der Waals surface area contributed by atoms with Crippen LogP contribution in [0, 0.1) is 16.7 Å². The van der Waals surface area contributed by atoms with E-state index in [0.717, 1.165) is 0 Å². The Morgan fingerprint density at radius 2 is 1.94 bits per heavy atom. The molecule has 0 aliphatic carbocycles. The molecule has 1 rings (SSSR count). The van der Waals surface area contributed by atoms with Gasteiger partial charge >= 0.3 is 0 Å². The number of aliphatic hydroxyl groups is 2. The molecule has 0 bridgehead atoms. The molecular formula is C11H16N4O2. The van der Waals surface area contributed by atoms with Crippen molar-refractivity contribution in [2.75, 3.05) is 31.7 Å². The van der Waals surface area contributed by atoms with Crippen LogP contribution in [0.5, 0.6) is 0 Å². The van der Waals surface area contributed by atoms with Crippen LogP contribution in [0.15, 0.2) is 12.4 Å². The summed E-state index contributed by atoms with van der Waals surface area (Å²) in [6.45, 7) is 1.85. The van der Waals surface area contributed by atoms with E-state index in [0.29, 0.717) is 12.4 Å². The smallest absolute Gasteiger partial charge is 0.183 e. The van der Waals surface area contributed by atoms with Crippen LogP contribution in [-0.2, 0) is 0 Å². The molecule has 1 aromatic heterocycles. The Bertz CT molecular complexity index is 412. The van der Waals surface area contributed by atoms with E-state index < -0.39 is 5.41 Å². The second-order valence-electron chi connectivity index (χ2n) is 4.32. The lowest BCUT2D eigenvalue weighted by Gasteiger charge is -2.30. The maximum Gasteiger partial charge on any atom is 0.183 e. The summed E-state index contributed by atoms with van der Waals surface area (Å²) in [7, 11) is 1.74. The minimum atomic E-state index is -0.640. The first-order valence-corrected chi connectivity index (χ1v) is 5.20. The third kappa shape index (κ3) is 3.12. The topological polar surface area (TPSA) is 93.3 Å². The van der Waals surface area contributed by atoms with Gasteiger partial charge in [-0.3, -0.25) is 0 Å². The third-order valence-electron chi connectivity index (χ3n) is 2.53. The van der Waals surface area contributed by atoms with Crippen molar-refractivity contribution < 1.29 is 10.2 Å². The molecule has 2 N–H and O–H groups in total. The molecule has 0 aromatic carbocycles. The van der Waals surface area contributed by atoms with Crippen LogP contribution in [0.1, 0.15) is 12.6 Å².